The van der Waals surface area contributed by atoms with Gasteiger partial charge in [-0.2, -0.15) is 31.4 Å². The molecule has 0 saturated heterocycles. The number of nitrogens with zero attached hydrogens (tertiary/aromatic N) is 4. The summed E-state index contributed by atoms with van der Waals surface area (Å²) in [6, 6.07) is 2.93. The highest BCUT2D eigenvalue weighted by Crippen LogP contribution is 2.44. The number of hydrogen-bond acceptors (Lipinski definition) is 4. The third kappa shape index (κ3) is 4.86. The highest BCUT2D eigenvalue weighted by Gasteiger charge is 2.41. The van der Waals surface area contributed by atoms with E-state index in [9.17, 15) is 31.1 Å². The van der Waals surface area contributed by atoms with Crippen LogP contribution in [0.15, 0.2) is 42.0 Å². The molecular formula is C25H21ClF6N4OS. The molecule has 0 saturated carbocycles. The molecule has 0 aliphatic carbocycles. The van der Waals surface area contributed by atoms with Crippen LogP contribution < -0.4 is 4.90 Å². The van der Waals surface area contributed by atoms with Gasteiger partial charge in [-0.3, -0.25) is 4.79 Å². The van der Waals surface area contributed by atoms with Crippen molar-refractivity contribution in [3.05, 3.63) is 63.1 Å². The van der Waals surface area contributed by atoms with Crippen LogP contribution in [0.25, 0.3) is 22.2 Å². The van der Waals surface area contributed by atoms with Gasteiger partial charge in [-0.05, 0) is 56.0 Å². The number of likely N-dealkylation sites (N-methyl/N-ethyl adjacent to an activating group) is 1. The molecule has 0 N–H and O–H groups in total. The summed E-state index contributed by atoms with van der Waals surface area (Å²) in [5.74, 6) is -0.749. The molecule has 1 amide bonds. The lowest BCUT2D eigenvalue weighted by atomic mass is 9.81. The second kappa shape index (κ2) is 9.57. The first kappa shape index (κ1) is 27.9. The molecule has 0 unspecified atom stereocenters. The second-order valence-corrected chi connectivity index (χ2v) is 10.6. The minimum Gasteiger partial charge on any atom is -0.313 e. The topological polar surface area (TPSA) is 51.0 Å². The summed E-state index contributed by atoms with van der Waals surface area (Å²) < 4.78 is 83.0. The summed E-state index contributed by atoms with van der Waals surface area (Å²) in [7, 11) is 1.39. The summed E-state index contributed by atoms with van der Waals surface area (Å²) in [6.45, 7) is 4.95. The number of alkyl halides is 6. The Balaban J connectivity index is 1.87. The minimum atomic E-state index is -5.04. The Morgan fingerprint density at radius 2 is 1.61 bits per heavy atom. The normalized spacial score (nSPS) is 12.8. The van der Waals surface area contributed by atoms with Crippen molar-refractivity contribution in [2.75, 3.05) is 11.9 Å². The van der Waals surface area contributed by atoms with Crippen LogP contribution >= 0.6 is 22.9 Å². The van der Waals surface area contributed by atoms with E-state index in [0.717, 1.165) is 0 Å². The lowest BCUT2D eigenvalue weighted by molar-refractivity contribution is -0.143. The predicted octanol–water partition coefficient (Wildman–Crippen LogP) is 7.81. The maximum Gasteiger partial charge on any atom is 0.416 e. The molecule has 0 fully saturated rings. The van der Waals surface area contributed by atoms with E-state index in [1.165, 1.54) is 43.3 Å². The SMILES string of the molecule is CCn1ncc2c(-c3ccsc3Cl)c(N(C)C(=O)C(C)(C)c3cc(C(F)(F)F)cc(C(F)(F)F)c3)cnc21. The monoisotopic (exact) mass is 574 g/mol. The lowest BCUT2D eigenvalue weighted by Crippen LogP contribution is -2.42. The molecule has 0 spiro atoms. The van der Waals surface area contributed by atoms with E-state index in [-0.39, 0.29) is 11.8 Å². The van der Waals surface area contributed by atoms with E-state index >= 15 is 0 Å². The first-order valence-corrected chi connectivity index (χ1v) is 12.5. The Morgan fingerprint density at radius 3 is 2.11 bits per heavy atom. The predicted molar refractivity (Wildman–Crippen MR) is 134 cm³/mol. The van der Waals surface area contributed by atoms with E-state index in [1.54, 1.807) is 22.3 Å². The molecule has 0 radical (unpaired) electrons. The van der Waals surface area contributed by atoms with Crippen LogP contribution in [0.2, 0.25) is 4.34 Å². The Kier molecular flexibility index (Phi) is 7.02. The van der Waals surface area contributed by atoms with Gasteiger partial charge in [0.2, 0.25) is 5.91 Å². The maximum absolute atomic E-state index is 13.8. The van der Waals surface area contributed by atoms with E-state index in [4.69, 9.17) is 11.6 Å². The number of thiophene rings is 1. The number of benzene rings is 1. The number of amides is 1. The summed E-state index contributed by atoms with van der Waals surface area (Å²) in [6.07, 6.45) is -7.10. The van der Waals surface area contributed by atoms with Gasteiger partial charge in [0.15, 0.2) is 5.65 Å². The quantitative estimate of drug-likeness (QED) is 0.228. The van der Waals surface area contributed by atoms with Crippen LogP contribution in [0.4, 0.5) is 32.0 Å². The van der Waals surface area contributed by atoms with Crippen molar-refractivity contribution < 1.29 is 31.1 Å². The number of aryl methyl sites for hydroxylation is 1. The molecule has 0 aliphatic heterocycles. The lowest BCUT2D eigenvalue weighted by Gasteiger charge is -2.32. The van der Waals surface area contributed by atoms with Crippen molar-refractivity contribution in [2.45, 2.75) is 45.1 Å². The molecule has 3 aromatic heterocycles. The summed E-state index contributed by atoms with van der Waals surface area (Å²) in [5, 5.41) is 6.66. The number of pyridine rings is 1. The first-order valence-electron chi connectivity index (χ1n) is 11.2. The molecule has 13 heteroatoms. The Bertz CT molecular complexity index is 1490. The molecule has 5 nitrogen and oxygen atoms in total. The van der Waals surface area contributed by atoms with Crippen LogP contribution in [-0.4, -0.2) is 27.7 Å². The molecule has 0 aliphatic rings. The third-order valence-electron chi connectivity index (χ3n) is 6.34. The molecule has 0 bridgehead atoms. The number of aromatic nitrogens is 3. The van der Waals surface area contributed by atoms with Crippen LogP contribution in [-0.2, 0) is 29.1 Å². The van der Waals surface area contributed by atoms with Crippen LogP contribution in [0.5, 0.6) is 0 Å². The average molecular weight is 575 g/mol. The zero-order valence-corrected chi connectivity index (χ0v) is 22.1. The summed E-state index contributed by atoms with van der Waals surface area (Å²) in [4.78, 5) is 19.4. The van der Waals surface area contributed by atoms with Gasteiger partial charge in [0.05, 0.1) is 34.6 Å². The van der Waals surface area contributed by atoms with Crippen molar-refractivity contribution in [1.82, 2.24) is 14.8 Å². The van der Waals surface area contributed by atoms with E-state index in [1.807, 2.05) is 6.92 Å². The van der Waals surface area contributed by atoms with Gasteiger partial charge in [-0.1, -0.05) is 11.6 Å². The van der Waals surface area contributed by atoms with Crippen molar-refractivity contribution in [3.8, 4) is 11.1 Å². The number of anilines is 1. The van der Waals surface area contributed by atoms with Gasteiger partial charge >= 0.3 is 12.4 Å². The average Bonchev–Trinajstić information content (AvgIpc) is 3.46. The standard InChI is InChI=1S/C25H21ClF6N4OS/c1-5-36-21-17(11-34-36)19(16-6-7-38-20(16)26)18(12-33-21)35(4)22(37)23(2,3)13-8-14(24(27,28)29)10-15(9-13)25(30,31)32/h6-12H,5H2,1-4H3. The number of hydrogen-bond donors (Lipinski definition) is 0. The fraction of sp³-hybridized carbons (Fsp3) is 0.320. The molecule has 4 rings (SSSR count). The molecule has 3 heterocycles. The molecule has 202 valence electrons. The Labute approximate surface area is 222 Å². The molecule has 4 aromatic rings. The van der Waals surface area contributed by atoms with Gasteiger partial charge < -0.3 is 4.90 Å². The summed E-state index contributed by atoms with van der Waals surface area (Å²) >= 11 is 7.69. The third-order valence-corrected chi connectivity index (χ3v) is 7.51. The van der Waals surface area contributed by atoms with Gasteiger partial charge in [-0.15, -0.1) is 11.3 Å². The smallest absolute Gasteiger partial charge is 0.313 e. The van der Waals surface area contributed by atoms with Crippen LogP contribution in [0.1, 0.15) is 37.5 Å². The molecule has 0 atom stereocenters. The first-order chi connectivity index (χ1) is 17.6. The Hall–Kier alpha value is -3.12. The number of rotatable bonds is 5. The van der Waals surface area contributed by atoms with Crippen molar-refractivity contribution >= 4 is 45.6 Å². The number of carbonyl (C=O) groups excluding carboxylic acids is 1. The summed E-state index contributed by atoms with van der Waals surface area (Å²) in [5.41, 5.74) is -3.29. The van der Waals surface area contributed by atoms with Crippen LogP contribution in [0, 0.1) is 0 Å². The molecule has 1 aromatic carbocycles. The van der Waals surface area contributed by atoms with Crippen LogP contribution in [0.3, 0.4) is 0 Å². The second-order valence-electron chi connectivity index (χ2n) is 9.11. The zero-order valence-electron chi connectivity index (χ0n) is 20.5. The molecule has 38 heavy (non-hydrogen) atoms. The highest BCUT2D eigenvalue weighted by atomic mass is 35.5. The van der Waals surface area contributed by atoms with E-state index in [0.29, 0.717) is 45.2 Å². The Morgan fingerprint density at radius 1 is 1.03 bits per heavy atom. The number of carbonyl (C=O) groups is 1. The largest absolute Gasteiger partial charge is 0.416 e. The van der Waals surface area contributed by atoms with Gasteiger partial charge in [0.25, 0.3) is 0 Å². The van der Waals surface area contributed by atoms with E-state index in [2.05, 4.69) is 10.1 Å². The fourth-order valence-corrected chi connectivity index (χ4v) is 5.16. The fourth-order valence-electron chi connectivity index (χ4n) is 4.23. The highest BCUT2D eigenvalue weighted by molar-refractivity contribution is 7.15. The van der Waals surface area contributed by atoms with Crippen molar-refractivity contribution in [1.29, 1.82) is 0 Å². The minimum absolute atomic E-state index is 0.0354. The number of fused-ring (bicyclic) bond motifs is 1. The van der Waals surface area contributed by atoms with Crippen molar-refractivity contribution in [2.24, 2.45) is 0 Å². The van der Waals surface area contributed by atoms with Gasteiger partial charge in [0.1, 0.15) is 4.34 Å². The van der Waals surface area contributed by atoms with E-state index < -0.39 is 40.4 Å². The molecular weight excluding hydrogens is 554 g/mol. The van der Waals surface area contributed by atoms with Gasteiger partial charge in [0, 0.05) is 30.1 Å². The van der Waals surface area contributed by atoms with Crippen molar-refractivity contribution in [3.63, 3.8) is 0 Å². The van der Waals surface area contributed by atoms with Gasteiger partial charge in [-0.25, -0.2) is 9.67 Å². The maximum atomic E-state index is 13.8. The number of halogens is 7. The zero-order chi connectivity index (χ0) is 28.2.